The summed E-state index contributed by atoms with van der Waals surface area (Å²) in [5.74, 6) is -11.8. The second-order valence-electron chi connectivity index (χ2n) is 8.85. The number of hydrogen-bond acceptors (Lipinski definition) is 4. The van der Waals surface area contributed by atoms with Gasteiger partial charge in [0, 0.05) is 61.6 Å². The fourth-order valence-electron chi connectivity index (χ4n) is 2.93. The van der Waals surface area contributed by atoms with Gasteiger partial charge in [-0.05, 0) is 26.7 Å². The second-order valence-corrected chi connectivity index (χ2v) is 8.85. The third-order valence-corrected chi connectivity index (χ3v) is 4.83. The summed E-state index contributed by atoms with van der Waals surface area (Å²) in [6, 6.07) is 0. The Morgan fingerprint density at radius 3 is 1.41 bits per heavy atom. The van der Waals surface area contributed by atoms with Gasteiger partial charge >= 0.3 is 18.0 Å². The number of aliphatic imine (C=N–C) groups is 4. The molecule has 0 saturated carbocycles. The summed E-state index contributed by atoms with van der Waals surface area (Å²) >= 11 is 0. The highest BCUT2D eigenvalue weighted by molar-refractivity contribution is 6.09. The van der Waals surface area contributed by atoms with Gasteiger partial charge in [-0.1, -0.05) is 20.8 Å². The first-order valence-corrected chi connectivity index (χ1v) is 10.4. The molecule has 0 fully saturated rings. The molecule has 11 heteroatoms. The van der Waals surface area contributed by atoms with E-state index >= 15 is 0 Å². The van der Waals surface area contributed by atoms with Crippen molar-refractivity contribution in [3.8, 4) is 0 Å². The summed E-state index contributed by atoms with van der Waals surface area (Å²) in [5, 5.41) is 0. The zero-order valence-corrected chi connectivity index (χ0v) is 19.1. The summed E-state index contributed by atoms with van der Waals surface area (Å²) in [6.07, 6.45) is -6.19. The van der Waals surface area contributed by atoms with Gasteiger partial charge < -0.3 is 0 Å². The molecule has 0 aromatic heterocycles. The Hall–Kier alpha value is -1.81. The van der Waals surface area contributed by atoms with Gasteiger partial charge in [-0.3, -0.25) is 20.0 Å². The second kappa shape index (κ2) is 10.9. The van der Waals surface area contributed by atoms with Gasteiger partial charge in [-0.2, -0.15) is 30.7 Å². The molecule has 0 aromatic carbocycles. The van der Waals surface area contributed by atoms with Crippen molar-refractivity contribution in [1.82, 2.24) is 0 Å². The first-order valence-electron chi connectivity index (χ1n) is 10.4. The first-order chi connectivity index (χ1) is 14.5. The lowest BCUT2D eigenvalue weighted by atomic mass is 9.85. The standard InChI is InChI=1S/C21H31F7N4/c1-14-12-15(2)30-9-7-11-32-17(19(22,23)20(24,25)21(26,27)28)13-16(18(3,4)5)31-10-6-8-29-14/h6-13H2,1-5H3. The van der Waals surface area contributed by atoms with Gasteiger partial charge in [-0.25, -0.2) is 0 Å². The third-order valence-electron chi connectivity index (χ3n) is 4.83. The van der Waals surface area contributed by atoms with Crippen molar-refractivity contribution in [1.29, 1.82) is 0 Å². The van der Waals surface area contributed by atoms with Crippen LogP contribution in [0.4, 0.5) is 30.7 Å². The molecule has 32 heavy (non-hydrogen) atoms. The van der Waals surface area contributed by atoms with Crippen LogP contribution in [0.3, 0.4) is 0 Å². The average Bonchev–Trinajstić information content (AvgIpc) is 2.61. The molecule has 1 aliphatic rings. The van der Waals surface area contributed by atoms with E-state index in [0.29, 0.717) is 19.4 Å². The topological polar surface area (TPSA) is 49.4 Å². The lowest BCUT2D eigenvalue weighted by Gasteiger charge is -2.31. The van der Waals surface area contributed by atoms with E-state index in [9.17, 15) is 30.7 Å². The molecule has 1 rings (SSSR count). The Kier molecular flexibility index (Phi) is 9.59. The predicted molar refractivity (Wildman–Crippen MR) is 114 cm³/mol. The van der Waals surface area contributed by atoms with Crippen molar-refractivity contribution in [2.75, 3.05) is 26.2 Å². The van der Waals surface area contributed by atoms with Crippen LogP contribution in [0.5, 0.6) is 0 Å². The van der Waals surface area contributed by atoms with Crippen molar-refractivity contribution in [2.45, 2.75) is 78.3 Å². The van der Waals surface area contributed by atoms with Crippen molar-refractivity contribution >= 4 is 22.8 Å². The van der Waals surface area contributed by atoms with Gasteiger partial charge in [0.05, 0.1) is 5.71 Å². The molecule has 0 saturated heterocycles. The van der Waals surface area contributed by atoms with Gasteiger partial charge in [0.1, 0.15) is 0 Å². The Balaban J connectivity index is 3.39. The smallest absolute Gasteiger partial charge is 0.294 e. The van der Waals surface area contributed by atoms with Crippen molar-refractivity contribution in [3.63, 3.8) is 0 Å². The van der Waals surface area contributed by atoms with E-state index in [1.54, 1.807) is 27.7 Å². The molecular weight excluding hydrogens is 441 g/mol. The molecule has 0 unspecified atom stereocenters. The van der Waals surface area contributed by atoms with Crippen LogP contribution in [-0.2, 0) is 0 Å². The van der Waals surface area contributed by atoms with E-state index in [4.69, 9.17) is 0 Å². The lowest BCUT2D eigenvalue weighted by Crippen LogP contribution is -2.56. The number of hydrogen-bond donors (Lipinski definition) is 0. The maximum absolute atomic E-state index is 14.5. The lowest BCUT2D eigenvalue weighted by molar-refractivity contribution is -0.336. The molecule has 0 atom stereocenters. The molecule has 1 heterocycles. The highest BCUT2D eigenvalue weighted by Crippen LogP contribution is 2.48. The van der Waals surface area contributed by atoms with E-state index in [1.165, 1.54) is 0 Å². The maximum atomic E-state index is 14.5. The van der Waals surface area contributed by atoms with E-state index < -0.39 is 35.6 Å². The van der Waals surface area contributed by atoms with Crippen molar-refractivity contribution < 1.29 is 30.7 Å². The minimum absolute atomic E-state index is 0.0792. The Morgan fingerprint density at radius 1 is 0.594 bits per heavy atom. The number of halogens is 7. The minimum atomic E-state index is -6.43. The fraction of sp³-hybridized carbons (Fsp3) is 0.810. The molecule has 1 aliphatic heterocycles. The van der Waals surface area contributed by atoms with Crippen molar-refractivity contribution in [2.24, 2.45) is 25.4 Å². The summed E-state index contributed by atoms with van der Waals surface area (Å²) in [6.45, 7) is 8.93. The quantitative estimate of drug-likeness (QED) is 0.427. The van der Waals surface area contributed by atoms with Gasteiger partial charge in [0.2, 0.25) is 0 Å². The molecule has 0 amide bonds. The summed E-state index contributed by atoms with van der Waals surface area (Å²) < 4.78 is 94.9. The summed E-state index contributed by atoms with van der Waals surface area (Å²) in [4.78, 5) is 16.4. The van der Waals surface area contributed by atoms with Crippen LogP contribution in [-0.4, -0.2) is 67.0 Å². The zero-order valence-electron chi connectivity index (χ0n) is 19.1. The molecule has 0 N–H and O–H groups in total. The molecule has 4 nitrogen and oxygen atoms in total. The predicted octanol–water partition coefficient (Wildman–Crippen LogP) is 6.24. The average molecular weight is 472 g/mol. The Bertz CT molecular complexity index is 757. The van der Waals surface area contributed by atoms with Gasteiger partial charge in [0.25, 0.3) is 0 Å². The maximum Gasteiger partial charge on any atom is 0.460 e. The van der Waals surface area contributed by atoms with Crippen molar-refractivity contribution in [3.05, 3.63) is 0 Å². The Morgan fingerprint density at radius 2 is 1.00 bits per heavy atom. The summed E-state index contributed by atoms with van der Waals surface area (Å²) in [5.41, 5.74) is -0.640. The van der Waals surface area contributed by atoms with Crippen LogP contribution in [0.1, 0.15) is 60.3 Å². The monoisotopic (exact) mass is 472 g/mol. The molecule has 0 spiro atoms. The van der Waals surface area contributed by atoms with Crippen LogP contribution in [0.25, 0.3) is 0 Å². The van der Waals surface area contributed by atoms with E-state index in [-0.39, 0.29) is 31.8 Å². The molecular formula is C21H31F7N4. The highest BCUT2D eigenvalue weighted by atomic mass is 19.4. The molecule has 0 bridgehead atoms. The zero-order chi connectivity index (χ0) is 24.8. The van der Waals surface area contributed by atoms with Crippen LogP contribution in [0, 0.1) is 5.41 Å². The van der Waals surface area contributed by atoms with E-state index in [1.807, 2.05) is 6.92 Å². The summed E-state index contributed by atoms with van der Waals surface area (Å²) in [7, 11) is 0. The molecule has 0 aliphatic carbocycles. The fourth-order valence-corrected chi connectivity index (χ4v) is 2.93. The van der Waals surface area contributed by atoms with Crippen LogP contribution >= 0.6 is 0 Å². The first kappa shape index (κ1) is 28.2. The van der Waals surface area contributed by atoms with Crippen LogP contribution in [0.15, 0.2) is 20.0 Å². The third kappa shape index (κ3) is 7.65. The molecule has 184 valence electrons. The molecule has 0 aromatic rings. The number of nitrogens with zero attached hydrogens (tertiary/aromatic N) is 4. The Labute approximate surface area is 184 Å². The van der Waals surface area contributed by atoms with E-state index in [2.05, 4.69) is 20.0 Å². The largest absolute Gasteiger partial charge is 0.460 e. The van der Waals surface area contributed by atoms with Gasteiger partial charge in [0.15, 0.2) is 0 Å². The highest BCUT2D eigenvalue weighted by Gasteiger charge is 2.74. The van der Waals surface area contributed by atoms with E-state index in [0.717, 1.165) is 11.4 Å². The molecule has 0 radical (unpaired) electrons. The SMILES string of the molecule is CC1=NCCCN=C(C(C)(C)C)CC(C(F)(F)C(F)(F)C(F)(F)F)=NCCCN=C(C)C1. The number of alkyl halides is 7. The van der Waals surface area contributed by atoms with Crippen LogP contribution in [0.2, 0.25) is 0 Å². The minimum Gasteiger partial charge on any atom is -0.294 e. The van der Waals surface area contributed by atoms with Gasteiger partial charge in [-0.15, -0.1) is 0 Å². The van der Waals surface area contributed by atoms with Crippen LogP contribution < -0.4 is 0 Å². The number of rotatable bonds is 2. The normalized spacial score (nSPS) is 19.6.